The minimum absolute atomic E-state index is 0. The first kappa shape index (κ1) is 14.4. The Labute approximate surface area is 118 Å². The molecule has 106 valence electrons. The molecule has 1 aromatic carbocycles. The maximum atomic E-state index is 13.4. The van der Waals surface area contributed by atoms with Crippen LogP contribution in [-0.4, -0.2) is 44.5 Å². The van der Waals surface area contributed by atoms with Gasteiger partial charge in [0.05, 0.1) is 6.04 Å². The predicted octanol–water partition coefficient (Wildman–Crippen LogP) is 1.75. The summed E-state index contributed by atoms with van der Waals surface area (Å²) in [7, 11) is 0. The first-order chi connectivity index (χ1) is 8.90. The average Bonchev–Trinajstić information content (AvgIpc) is 2.90. The van der Waals surface area contributed by atoms with Crippen molar-refractivity contribution in [3.05, 3.63) is 23.8 Å². The number of rotatable bonds is 3. The smallest absolute Gasteiger partial charge is 0.231 e. The Bertz CT molecular complexity index is 427. The molecule has 0 radical (unpaired) electrons. The molecular weight excluding hydrogens is 271 g/mol. The zero-order valence-electron chi connectivity index (χ0n) is 10.6. The maximum Gasteiger partial charge on any atom is 0.231 e. The molecule has 0 amide bonds. The maximum absolute atomic E-state index is 13.4. The molecule has 4 nitrogen and oxygen atoms in total. The minimum atomic E-state index is -0.403. The highest BCUT2D eigenvalue weighted by Crippen LogP contribution is 2.40. The summed E-state index contributed by atoms with van der Waals surface area (Å²) in [6.45, 7) is 3.36. The molecule has 0 saturated carbocycles. The third kappa shape index (κ3) is 2.78. The molecule has 3 rings (SSSR count). The Morgan fingerprint density at radius 3 is 2.79 bits per heavy atom. The van der Waals surface area contributed by atoms with Crippen LogP contribution in [0.1, 0.15) is 11.6 Å². The normalized spacial score (nSPS) is 19.8. The van der Waals surface area contributed by atoms with Crippen LogP contribution in [0.3, 0.4) is 0 Å². The Hall–Kier alpha value is -1.04. The van der Waals surface area contributed by atoms with Crippen molar-refractivity contribution in [1.29, 1.82) is 0 Å². The number of fused-ring (bicyclic) bond motifs is 1. The number of nitrogens with zero attached hydrogens (tertiary/aromatic N) is 1. The van der Waals surface area contributed by atoms with Crippen molar-refractivity contribution in [1.82, 2.24) is 10.2 Å². The monoisotopic (exact) mass is 288 g/mol. The molecule has 2 heterocycles. The fourth-order valence-electron chi connectivity index (χ4n) is 2.59. The van der Waals surface area contributed by atoms with Crippen molar-refractivity contribution in [2.45, 2.75) is 6.04 Å². The lowest BCUT2D eigenvalue weighted by Gasteiger charge is -2.33. The van der Waals surface area contributed by atoms with Crippen LogP contribution in [0.25, 0.3) is 0 Å². The second-order valence-electron chi connectivity index (χ2n) is 4.54. The van der Waals surface area contributed by atoms with E-state index in [4.69, 9.17) is 9.47 Å². The standard InChI is InChI=1S/C13H17FN2O2.ClH/c14-8-11(16-6-4-15-5-7-16)10-2-1-3-12-13(10)18-9-17-12;/h1-3,11,15H,4-9H2;1H/t11-;/m1./s1. The summed E-state index contributed by atoms with van der Waals surface area (Å²) in [5, 5.41) is 3.28. The van der Waals surface area contributed by atoms with Crippen LogP contribution in [0.2, 0.25) is 0 Å². The second kappa shape index (κ2) is 6.41. The van der Waals surface area contributed by atoms with Crippen molar-refractivity contribution in [2.75, 3.05) is 39.6 Å². The molecule has 1 saturated heterocycles. The fourth-order valence-corrected chi connectivity index (χ4v) is 2.59. The Morgan fingerprint density at radius 1 is 1.26 bits per heavy atom. The third-order valence-corrected chi connectivity index (χ3v) is 3.52. The third-order valence-electron chi connectivity index (χ3n) is 3.52. The number of halogens is 2. The van der Waals surface area contributed by atoms with Gasteiger partial charge in [0, 0.05) is 31.7 Å². The molecule has 0 aliphatic carbocycles. The summed E-state index contributed by atoms with van der Waals surface area (Å²) >= 11 is 0. The van der Waals surface area contributed by atoms with Gasteiger partial charge in [-0.1, -0.05) is 12.1 Å². The fraction of sp³-hybridized carbons (Fsp3) is 0.538. The topological polar surface area (TPSA) is 33.7 Å². The zero-order valence-corrected chi connectivity index (χ0v) is 11.4. The molecule has 0 bridgehead atoms. The Morgan fingerprint density at radius 2 is 2.05 bits per heavy atom. The van der Waals surface area contributed by atoms with E-state index in [1.54, 1.807) is 0 Å². The van der Waals surface area contributed by atoms with E-state index in [1.165, 1.54) is 0 Å². The van der Waals surface area contributed by atoms with Gasteiger partial charge in [-0.15, -0.1) is 12.4 Å². The zero-order chi connectivity index (χ0) is 12.4. The van der Waals surface area contributed by atoms with Crippen molar-refractivity contribution < 1.29 is 13.9 Å². The number of para-hydroxylation sites is 1. The molecule has 1 fully saturated rings. The van der Waals surface area contributed by atoms with Gasteiger partial charge in [-0.3, -0.25) is 4.90 Å². The number of alkyl halides is 1. The van der Waals surface area contributed by atoms with E-state index >= 15 is 0 Å². The van der Waals surface area contributed by atoms with Gasteiger partial charge in [-0.05, 0) is 6.07 Å². The predicted molar refractivity (Wildman–Crippen MR) is 73.0 cm³/mol. The van der Waals surface area contributed by atoms with Crippen molar-refractivity contribution in [3.63, 3.8) is 0 Å². The SMILES string of the molecule is Cl.FC[C@H](c1cccc2c1OCO2)N1CCNCC1. The van der Waals surface area contributed by atoms with Crippen LogP contribution >= 0.6 is 12.4 Å². The largest absolute Gasteiger partial charge is 0.454 e. The highest BCUT2D eigenvalue weighted by atomic mass is 35.5. The lowest BCUT2D eigenvalue weighted by atomic mass is 10.0. The summed E-state index contributed by atoms with van der Waals surface area (Å²) in [5.74, 6) is 1.43. The Balaban J connectivity index is 0.00000133. The molecule has 0 spiro atoms. The summed E-state index contributed by atoms with van der Waals surface area (Å²) in [5.41, 5.74) is 0.898. The van der Waals surface area contributed by atoms with Gasteiger partial charge < -0.3 is 14.8 Å². The number of hydrogen-bond acceptors (Lipinski definition) is 4. The number of hydrogen-bond donors (Lipinski definition) is 1. The van der Waals surface area contributed by atoms with Crippen molar-refractivity contribution >= 4 is 12.4 Å². The van der Waals surface area contributed by atoms with E-state index in [0.717, 1.165) is 37.5 Å². The van der Waals surface area contributed by atoms with Crippen LogP contribution in [-0.2, 0) is 0 Å². The number of ether oxygens (including phenoxy) is 2. The molecule has 1 aromatic rings. The molecule has 19 heavy (non-hydrogen) atoms. The van der Waals surface area contributed by atoms with Gasteiger partial charge in [-0.25, -0.2) is 4.39 Å². The van der Waals surface area contributed by atoms with Gasteiger partial charge in [0.25, 0.3) is 0 Å². The number of piperazine rings is 1. The molecule has 2 aliphatic rings. The van der Waals surface area contributed by atoms with Crippen molar-refractivity contribution in [2.24, 2.45) is 0 Å². The van der Waals surface area contributed by atoms with Gasteiger partial charge in [-0.2, -0.15) is 0 Å². The molecular formula is C13H18ClFN2O2. The summed E-state index contributed by atoms with van der Waals surface area (Å²) in [4.78, 5) is 2.16. The lowest BCUT2D eigenvalue weighted by molar-refractivity contribution is 0.140. The Kier molecular flexibility index (Phi) is 4.85. The van der Waals surface area contributed by atoms with Gasteiger partial charge in [0.15, 0.2) is 11.5 Å². The van der Waals surface area contributed by atoms with Crippen LogP contribution < -0.4 is 14.8 Å². The van der Waals surface area contributed by atoms with E-state index in [1.807, 2.05) is 18.2 Å². The number of nitrogens with one attached hydrogen (secondary N) is 1. The molecule has 2 aliphatic heterocycles. The van der Waals surface area contributed by atoms with Crippen LogP contribution in [0, 0.1) is 0 Å². The second-order valence-corrected chi connectivity index (χ2v) is 4.54. The summed E-state index contributed by atoms with van der Waals surface area (Å²) in [6, 6.07) is 5.45. The van der Waals surface area contributed by atoms with Gasteiger partial charge >= 0.3 is 0 Å². The van der Waals surface area contributed by atoms with Gasteiger partial charge in [0.1, 0.15) is 6.67 Å². The van der Waals surface area contributed by atoms with Crippen LogP contribution in [0.15, 0.2) is 18.2 Å². The van der Waals surface area contributed by atoms with E-state index in [2.05, 4.69) is 10.2 Å². The number of benzene rings is 1. The molecule has 0 unspecified atom stereocenters. The van der Waals surface area contributed by atoms with Crippen molar-refractivity contribution in [3.8, 4) is 11.5 Å². The molecule has 1 N–H and O–H groups in total. The first-order valence-electron chi connectivity index (χ1n) is 6.29. The van der Waals surface area contributed by atoms with E-state index in [9.17, 15) is 4.39 Å². The van der Waals surface area contributed by atoms with Gasteiger partial charge in [0.2, 0.25) is 6.79 Å². The van der Waals surface area contributed by atoms with E-state index in [0.29, 0.717) is 5.75 Å². The summed E-state index contributed by atoms with van der Waals surface area (Å²) < 4.78 is 24.3. The lowest BCUT2D eigenvalue weighted by Crippen LogP contribution is -2.45. The molecule has 0 aromatic heterocycles. The quantitative estimate of drug-likeness (QED) is 0.919. The molecule has 1 atom stereocenters. The first-order valence-corrected chi connectivity index (χ1v) is 6.29. The van der Waals surface area contributed by atoms with E-state index < -0.39 is 6.67 Å². The summed E-state index contributed by atoms with van der Waals surface area (Å²) in [6.07, 6.45) is 0. The van der Waals surface area contributed by atoms with Crippen LogP contribution in [0.5, 0.6) is 11.5 Å². The average molecular weight is 289 g/mol. The molecule has 6 heteroatoms. The van der Waals surface area contributed by atoms with Crippen LogP contribution in [0.4, 0.5) is 4.39 Å². The minimum Gasteiger partial charge on any atom is -0.454 e. The van der Waals surface area contributed by atoms with E-state index in [-0.39, 0.29) is 25.2 Å². The highest BCUT2D eigenvalue weighted by molar-refractivity contribution is 5.85. The highest BCUT2D eigenvalue weighted by Gasteiger charge is 2.28.